The number of benzene rings is 1. The van der Waals surface area contributed by atoms with Gasteiger partial charge in [0.25, 0.3) is 0 Å². The van der Waals surface area contributed by atoms with Crippen LogP contribution < -0.4 is 5.32 Å². The number of nitrogens with one attached hydrogen (secondary N) is 2. The van der Waals surface area contributed by atoms with Gasteiger partial charge in [0, 0.05) is 22.5 Å². The molecule has 4 nitrogen and oxygen atoms in total. The molecular formula is C13H13N3OS. The average molecular weight is 259 g/mol. The molecule has 0 fully saturated rings. The van der Waals surface area contributed by atoms with Gasteiger partial charge in [-0.05, 0) is 18.6 Å². The number of aryl methyl sites for hydroxylation is 1. The molecule has 1 aliphatic heterocycles. The third kappa shape index (κ3) is 2.01. The molecule has 0 spiro atoms. The van der Waals surface area contributed by atoms with Crippen LogP contribution >= 0.6 is 11.8 Å². The second kappa shape index (κ2) is 4.49. The lowest BCUT2D eigenvalue weighted by molar-refractivity contribution is -0.117. The molecule has 0 aliphatic carbocycles. The van der Waals surface area contributed by atoms with Crippen LogP contribution in [0.3, 0.4) is 0 Å². The molecule has 18 heavy (non-hydrogen) atoms. The predicted octanol–water partition coefficient (Wildman–Crippen LogP) is 2.55. The SMILES string of the molecule is Cc1cnc(NC(=O)C2CSc3ccccc32)[nH]1. The van der Waals surface area contributed by atoms with Crippen LogP contribution in [0, 0.1) is 6.92 Å². The van der Waals surface area contributed by atoms with Gasteiger partial charge in [-0.1, -0.05) is 18.2 Å². The number of hydrogen-bond acceptors (Lipinski definition) is 3. The van der Waals surface area contributed by atoms with Gasteiger partial charge in [-0.25, -0.2) is 4.98 Å². The normalized spacial score (nSPS) is 17.5. The first kappa shape index (κ1) is 11.3. The molecular weight excluding hydrogens is 246 g/mol. The van der Waals surface area contributed by atoms with E-state index >= 15 is 0 Å². The van der Waals surface area contributed by atoms with E-state index in [0.29, 0.717) is 5.95 Å². The van der Waals surface area contributed by atoms with Crippen LogP contribution in [-0.4, -0.2) is 21.6 Å². The Hall–Kier alpha value is -1.75. The number of carbonyl (C=O) groups is 1. The van der Waals surface area contributed by atoms with Crippen LogP contribution in [0.25, 0.3) is 0 Å². The van der Waals surface area contributed by atoms with Gasteiger partial charge in [-0.15, -0.1) is 11.8 Å². The van der Waals surface area contributed by atoms with E-state index in [1.54, 1.807) is 18.0 Å². The molecule has 1 unspecified atom stereocenters. The summed E-state index contributed by atoms with van der Waals surface area (Å²) in [6.07, 6.45) is 1.70. The highest BCUT2D eigenvalue weighted by Crippen LogP contribution is 2.39. The maximum absolute atomic E-state index is 12.2. The van der Waals surface area contributed by atoms with Gasteiger partial charge in [-0.3, -0.25) is 10.1 Å². The summed E-state index contributed by atoms with van der Waals surface area (Å²) < 4.78 is 0. The molecule has 0 bridgehead atoms. The van der Waals surface area contributed by atoms with Gasteiger partial charge in [0.1, 0.15) is 0 Å². The lowest BCUT2D eigenvalue weighted by atomic mass is 10.0. The zero-order valence-electron chi connectivity index (χ0n) is 9.93. The summed E-state index contributed by atoms with van der Waals surface area (Å²) in [6.45, 7) is 1.91. The van der Waals surface area contributed by atoms with E-state index in [2.05, 4.69) is 21.4 Å². The molecule has 2 N–H and O–H groups in total. The van der Waals surface area contributed by atoms with E-state index in [0.717, 1.165) is 17.0 Å². The van der Waals surface area contributed by atoms with Crippen molar-refractivity contribution in [3.63, 3.8) is 0 Å². The van der Waals surface area contributed by atoms with Gasteiger partial charge in [0.05, 0.1) is 5.92 Å². The number of amides is 1. The first-order chi connectivity index (χ1) is 8.74. The Morgan fingerprint density at radius 2 is 2.33 bits per heavy atom. The molecule has 0 saturated heterocycles. The minimum Gasteiger partial charge on any atom is -0.328 e. The van der Waals surface area contributed by atoms with E-state index < -0.39 is 0 Å². The fraction of sp³-hybridized carbons (Fsp3) is 0.231. The van der Waals surface area contributed by atoms with Gasteiger partial charge in [0.15, 0.2) is 0 Å². The highest BCUT2D eigenvalue weighted by Gasteiger charge is 2.29. The molecule has 0 radical (unpaired) electrons. The van der Waals surface area contributed by atoms with E-state index in [4.69, 9.17) is 0 Å². The van der Waals surface area contributed by atoms with Crippen molar-refractivity contribution in [1.82, 2.24) is 9.97 Å². The van der Waals surface area contributed by atoms with Crippen LogP contribution in [0.1, 0.15) is 17.2 Å². The summed E-state index contributed by atoms with van der Waals surface area (Å²) in [5.74, 6) is 1.23. The molecule has 2 aromatic rings. The van der Waals surface area contributed by atoms with Crippen molar-refractivity contribution < 1.29 is 4.79 Å². The smallest absolute Gasteiger partial charge is 0.235 e. The number of rotatable bonds is 2. The second-order valence-corrected chi connectivity index (χ2v) is 5.37. The topological polar surface area (TPSA) is 57.8 Å². The van der Waals surface area contributed by atoms with Crippen molar-refractivity contribution in [2.45, 2.75) is 17.7 Å². The van der Waals surface area contributed by atoms with Crippen molar-refractivity contribution in [2.24, 2.45) is 0 Å². The zero-order chi connectivity index (χ0) is 12.5. The number of imidazole rings is 1. The Morgan fingerprint density at radius 1 is 1.50 bits per heavy atom. The molecule has 1 aromatic carbocycles. The Kier molecular flexibility index (Phi) is 2.83. The zero-order valence-corrected chi connectivity index (χ0v) is 10.8. The molecule has 5 heteroatoms. The molecule has 0 saturated carbocycles. The number of H-pyrrole nitrogens is 1. The Morgan fingerprint density at radius 3 is 3.11 bits per heavy atom. The maximum atomic E-state index is 12.2. The molecule has 1 atom stereocenters. The fourth-order valence-corrected chi connectivity index (χ4v) is 3.29. The number of aromatic nitrogens is 2. The van der Waals surface area contributed by atoms with Crippen molar-refractivity contribution in [3.8, 4) is 0 Å². The summed E-state index contributed by atoms with van der Waals surface area (Å²) in [4.78, 5) is 20.5. The Labute approximate surface area is 109 Å². The van der Waals surface area contributed by atoms with Crippen molar-refractivity contribution in [2.75, 3.05) is 11.1 Å². The molecule has 1 aliphatic rings. The first-order valence-electron chi connectivity index (χ1n) is 5.78. The monoisotopic (exact) mass is 259 g/mol. The molecule has 92 valence electrons. The second-order valence-electron chi connectivity index (χ2n) is 4.31. The number of carbonyl (C=O) groups excluding carboxylic acids is 1. The summed E-state index contributed by atoms with van der Waals surface area (Å²) in [6, 6.07) is 8.06. The van der Waals surface area contributed by atoms with E-state index in [1.807, 2.05) is 25.1 Å². The summed E-state index contributed by atoms with van der Waals surface area (Å²) in [7, 11) is 0. The van der Waals surface area contributed by atoms with Crippen molar-refractivity contribution >= 4 is 23.6 Å². The van der Waals surface area contributed by atoms with Gasteiger partial charge < -0.3 is 4.98 Å². The summed E-state index contributed by atoms with van der Waals surface area (Å²) in [5, 5.41) is 2.83. The fourth-order valence-electron chi connectivity index (χ4n) is 2.06. The lowest BCUT2D eigenvalue weighted by Gasteiger charge is -2.09. The number of fused-ring (bicyclic) bond motifs is 1. The number of hydrogen-bond donors (Lipinski definition) is 2. The number of thioether (sulfide) groups is 1. The van der Waals surface area contributed by atoms with E-state index in [-0.39, 0.29) is 11.8 Å². The average Bonchev–Trinajstić information content (AvgIpc) is 2.95. The lowest BCUT2D eigenvalue weighted by Crippen LogP contribution is -2.21. The Bertz CT molecular complexity index is 593. The van der Waals surface area contributed by atoms with Crippen LogP contribution in [0.5, 0.6) is 0 Å². The first-order valence-corrected chi connectivity index (χ1v) is 6.77. The third-order valence-electron chi connectivity index (χ3n) is 2.96. The highest BCUT2D eigenvalue weighted by molar-refractivity contribution is 7.99. The number of nitrogens with zero attached hydrogens (tertiary/aromatic N) is 1. The molecule has 1 aromatic heterocycles. The minimum absolute atomic E-state index is 0.00167. The summed E-state index contributed by atoms with van der Waals surface area (Å²) in [5.41, 5.74) is 2.05. The predicted molar refractivity (Wildman–Crippen MR) is 71.9 cm³/mol. The maximum Gasteiger partial charge on any atom is 0.235 e. The Balaban J connectivity index is 1.78. The number of aromatic amines is 1. The summed E-state index contributed by atoms with van der Waals surface area (Å²) >= 11 is 1.73. The van der Waals surface area contributed by atoms with Gasteiger partial charge in [0.2, 0.25) is 11.9 Å². The molecule has 1 amide bonds. The van der Waals surface area contributed by atoms with Crippen LogP contribution in [0.2, 0.25) is 0 Å². The molecule has 3 rings (SSSR count). The number of anilines is 1. The van der Waals surface area contributed by atoms with E-state index in [1.165, 1.54) is 4.90 Å². The standard InChI is InChI=1S/C13H13N3OS/c1-8-6-14-13(15-8)16-12(17)10-7-18-11-5-3-2-4-9(10)11/h2-6,10H,7H2,1H3,(H2,14,15,16,17). The minimum atomic E-state index is -0.0865. The van der Waals surface area contributed by atoms with Crippen LogP contribution in [-0.2, 0) is 4.79 Å². The largest absolute Gasteiger partial charge is 0.328 e. The van der Waals surface area contributed by atoms with Gasteiger partial charge >= 0.3 is 0 Å². The molecule has 2 heterocycles. The van der Waals surface area contributed by atoms with Crippen molar-refractivity contribution in [3.05, 3.63) is 41.7 Å². The van der Waals surface area contributed by atoms with Crippen molar-refractivity contribution in [1.29, 1.82) is 0 Å². The van der Waals surface area contributed by atoms with Crippen LogP contribution in [0.15, 0.2) is 35.4 Å². The van der Waals surface area contributed by atoms with Gasteiger partial charge in [-0.2, -0.15) is 0 Å². The highest BCUT2D eigenvalue weighted by atomic mass is 32.2. The quantitative estimate of drug-likeness (QED) is 0.871. The van der Waals surface area contributed by atoms with E-state index in [9.17, 15) is 4.79 Å². The van der Waals surface area contributed by atoms with Crippen LogP contribution in [0.4, 0.5) is 5.95 Å². The third-order valence-corrected chi connectivity index (χ3v) is 4.14.